The standard InChI is InChI=1S/C60H83N11O11S/c1-70(29-8-7-26-61-55(73)17-9-18-56(74)63-28-12-34-78-38-40-80-39-37-77-33-11-27-62-54(72)16-6-5-15-52-59-50(43-83-52)68-60(76)69-59)30-10-19-57(75)67-49-41-45(20-25-51(49)71-31-35-79-36-32-71)66-53-42-58(65-44-64-53)82-48-23-21-47(22-24-48)81-46-13-3-2-4-14-46/h2-4,10,13-14,19-25,41-42,44,50,52,59H,5-9,11-12,15-18,26-40,43H2,1H3,(H,61,73)(H,62,72)(H,63,74)(H,67,75)(H,64,65,66)(H2,68,69,76)/b19-10+/t50-,52-,59-/m0/s1. The summed E-state index contributed by atoms with van der Waals surface area (Å²) in [5.74, 6) is 3.47. The zero-order valence-electron chi connectivity index (χ0n) is 47.7. The zero-order valence-corrected chi connectivity index (χ0v) is 48.6. The molecule has 0 radical (unpaired) electrons. The number of thioether (sulfide) groups is 1. The molecule has 3 atom stereocenters. The van der Waals surface area contributed by atoms with Crippen molar-refractivity contribution in [1.82, 2.24) is 41.5 Å². The molecule has 4 heterocycles. The third-order valence-corrected chi connectivity index (χ3v) is 15.2. The number of hydrogen-bond donors (Lipinski definition) is 7. The number of para-hydroxylation sites is 1. The highest BCUT2D eigenvalue weighted by molar-refractivity contribution is 8.00. The second-order valence-electron chi connectivity index (χ2n) is 20.4. The SMILES string of the molecule is CN(C/C=C/C(=O)Nc1cc(Nc2cc(Oc3ccc(Oc4ccccc4)cc3)ncn2)ccc1N1CCOCC1)CCCCNC(=O)CCCC(=O)NCCCOCCOCCOCCCNC(=O)CCCC[C@@H]1SC[C@@H]2NC(=O)N[C@@H]21. The van der Waals surface area contributed by atoms with Gasteiger partial charge in [0.05, 0.1) is 63.1 Å². The number of likely N-dealkylation sites (N-methyl/N-ethyl adjacent to an activating group) is 1. The Balaban J connectivity index is 0.653. The summed E-state index contributed by atoms with van der Waals surface area (Å²) in [6, 6.07) is 24.7. The average molecular weight is 1170 g/mol. The van der Waals surface area contributed by atoms with Crippen molar-refractivity contribution in [3.05, 3.63) is 97.3 Å². The van der Waals surface area contributed by atoms with Gasteiger partial charge in [-0.2, -0.15) is 11.8 Å². The molecule has 450 valence electrons. The van der Waals surface area contributed by atoms with Crippen LogP contribution in [0.4, 0.5) is 27.7 Å². The molecule has 3 aliphatic heterocycles. The van der Waals surface area contributed by atoms with Crippen molar-refractivity contribution in [1.29, 1.82) is 0 Å². The molecule has 7 N–H and O–H groups in total. The van der Waals surface area contributed by atoms with Crippen LogP contribution < -0.4 is 51.6 Å². The van der Waals surface area contributed by atoms with Gasteiger partial charge in [-0.05, 0) is 113 Å². The first kappa shape index (κ1) is 63.6. The molecule has 3 fully saturated rings. The molecule has 22 nitrogen and oxygen atoms in total. The molecule has 6 amide bonds. The number of fused-ring (bicyclic) bond motifs is 1. The Labute approximate surface area is 491 Å². The van der Waals surface area contributed by atoms with Gasteiger partial charge in [0, 0.05) is 101 Å². The van der Waals surface area contributed by atoms with Gasteiger partial charge in [-0.3, -0.25) is 19.2 Å². The van der Waals surface area contributed by atoms with E-state index in [2.05, 4.69) is 57.0 Å². The maximum absolute atomic E-state index is 13.3. The number of hydrogen-bond acceptors (Lipinski definition) is 17. The molecule has 83 heavy (non-hydrogen) atoms. The summed E-state index contributed by atoms with van der Waals surface area (Å²) < 4.78 is 34.3. The van der Waals surface area contributed by atoms with E-state index in [0.29, 0.717) is 151 Å². The van der Waals surface area contributed by atoms with E-state index in [1.165, 1.54) is 6.33 Å². The van der Waals surface area contributed by atoms with Gasteiger partial charge < -0.3 is 75.4 Å². The topological polar surface area (TPSA) is 257 Å². The minimum absolute atomic E-state index is 0.0614. The zero-order chi connectivity index (χ0) is 58.1. The molecule has 7 rings (SSSR count). The van der Waals surface area contributed by atoms with E-state index in [-0.39, 0.29) is 54.6 Å². The van der Waals surface area contributed by atoms with Crippen LogP contribution in [0.2, 0.25) is 0 Å². The van der Waals surface area contributed by atoms with Gasteiger partial charge in [-0.25, -0.2) is 14.8 Å². The lowest BCUT2D eigenvalue weighted by Crippen LogP contribution is -2.36. The fourth-order valence-corrected chi connectivity index (χ4v) is 10.9. The Morgan fingerprint density at radius 2 is 1.35 bits per heavy atom. The molecular weight excluding hydrogens is 1080 g/mol. The van der Waals surface area contributed by atoms with Crippen LogP contribution in [0.1, 0.15) is 70.6 Å². The number of nitrogens with one attached hydrogen (secondary N) is 7. The van der Waals surface area contributed by atoms with Crippen molar-refractivity contribution >= 4 is 64.3 Å². The highest BCUT2D eigenvalue weighted by Crippen LogP contribution is 2.34. The third-order valence-electron chi connectivity index (χ3n) is 13.7. The highest BCUT2D eigenvalue weighted by atomic mass is 32.2. The number of anilines is 4. The fraction of sp³-hybridized carbons (Fsp3) is 0.517. The molecule has 0 saturated carbocycles. The molecule has 0 spiro atoms. The van der Waals surface area contributed by atoms with E-state index < -0.39 is 0 Å². The summed E-state index contributed by atoms with van der Waals surface area (Å²) in [6.45, 7) is 8.43. The van der Waals surface area contributed by atoms with Crippen LogP contribution in [0.3, 0.4) is 0 Å². The number of nitrogens with zero attached hydrogens (tertiary/aromatic N) is 4. The first-order chi connectivity index (χ1) is 40.6. The average Bonchev–Trinajstić information content (AvgIpc) is 4.31. The number of amides is 6. The summed E-state index contributed by atoms with van der Waals surface area (Å²) in [6.07, 6.45) is 12.2. The van der Waals surface area contributed by atoms with E-state index in [9.17, 15) is 24.0 Å². The summed E-state index contributed by atoms with van der Waals surface area (Å²) in [5, 5.41) is 21.6. The van der Waals surface area contributed by atoms with Crippen molar-refractivity contribution in [2.45, 2.75) is 88.0 Å². The molecule has 3 aromatic carbocycles. The summed E-state index contributed by atoms with van der Waals surface area (Å²) in [5.41, 5.74) is 2.25. The smallest absolute Gasteiger partial charge is 0.315 e. The Morgan fingerprint density at radius 3 is 2.05 bits per heavy atom. The van der Waals surface area contributed by atoms with E-state index in [1.807, 2.05) is 97.7 Å². The molecule has 0 aliphatic carbocycles. The predicted octanol–water partition coefficient (Wildman–Crippen LogP) is 6.92. The Hall–Kier alpha value is -7.02. The number of ether oxygens (including phenoxy) is 6. The number of rotatable bonds is 39. The van der Waals surface area contributed by atoms with Gasteiger partial charge in [-0.1, -0.05) is 30.7 Å². The fourth-order valence-electron chi connectivity index (χ4n) is 9.36. The Kier molecular flexibility index (Phi) is 28.0. The first-order valence-electron chi connectivity index (χ1n) is 29.1. The maximum atomic E-state index is 13.3. The summed E-state index contributed by atoms with van der Waals surface area (Å²) in [4.78, 5) is 74.7. The lowest BCUT2D eigenvalue weighted by atomic mass is 10.0. The number of unbranched alkanes of at least 4 members (excludes halogenated alkanes) is 2. The van der Waals surface area contributed by atoms with Crippen molar-refractivity contribution in [2.75, 3.05) is 127 Å². The third kappa shape index (κ3) is 24.4. The summed E-state index contributed by atoms with van der Waals surface area (Å²) in [7, 11) is 1.99. The van der Waals surface area contributed by atoms with Crippen LogP contribution >= 0.6 is 11.8 Å². The molecule has 1 aromatic heterocycles. The van der Waals surface area contributed by atoms with E-state index >= 15 is 0 Å². The van der Waals surface area contributed by atoms with Crippen LogP contribution in [-0.2, 0) is 38.1 Å². The maximum Gasteiger partial charge on any atom is 0.315 e. The van der Waals surface area contributed by atoms with Gasteiger partial charge in [0.1, 0.15) is 29.4 Å². The number of urea groups is 1. The predicted molar refractivity (Wildman–Crippen MR) is 321 cm³/mol. The van der Waals surface area contributed by atoms with Crippen molar-refractivity contribution < 1.29 is 52.4 Å². The normalized spacial score (nSPS) is 16.5. The minimum Gasteiger partial charge on any atom is -0.457 e. The lowest BCUT2D eigenvalue weighted by Gasteiger charge is -2.30. The molecule has 0 unspecified atom stereocenters. The van der Waals surface area contributed by atoms with Crippen LogP contribution in [0.15, 0.2) is 97.3 Å². The number of aromatic nitrogens is 2. The van der Waals surface area contributed by atoms with Crippen LogP contribution in [0.25, 0.3) is 0 Å². The van der Waals surface area contributed by atoms with Crippen LogP contribution in [0, 0.1) is 0 Å². The Morgan fingerprint density at radius 1 is 0.711 bits per heavy atom. The van der Waals surface area contributed by atoms with Crippen LogP contribution in [0.5, 0.6) is 23.1 Å². The van der Waals surface area contributed by atoms with E-state index in [4.69, 9.17) is 28.4 Å². The number of carbonyl (C=O) groups excluding carboxylic acids is 5. The van der Waals surface area contributed by atoms with E-state index in [0.717, 1.165) is 62.3 Å². The first-order valence-corrected chi connectivity index (χ1v) is 30.1. The minimum atomic E-state index is -0.254. The quantitative estimate of drug-likeness (QED) is 0.0136. The van der Waals surface area contributed by atoms with Crippen molar-refractivity contribution in [2.24, 2.45) is 0 Å². The lowest BCUT2D eigenvalue weighted by molar-refractivity contribution is -0.123. The number of carbonyl (C=O) groups is 5. The van der Waals surface area contributed by atoms with Crippen molar-refractivity contribution in [3.8, 4) is 23.1 Å². The van der Waals surface area contributed by atoms with Gasteiger partial charge in [0.2, 0.25) is 29.5 Å². The second-order valence-corrected chi connectivity index (χ2v) is 21.6. The molecular formula is C60H83N11O11S. The van der Waals surface area contributed by atoms with E-state index in [1.54, 1.807) is 12.1 Å². The van der Waals surface area contributed by atoms with Gasteiger partial charge in [0.15, 0.2) is 0 Å². The Bertz CT molecular complexity index is 2630. The second kappa shape index (κ2) is 36.5. The van der Waals surface area contributed by atoms with Gasteiger partial charge in [0.25, 0.3) is 0 Å². The van der Waals surface area contributed by atoms with Crippen molar-refractivity contribution in [3.63, 3.8) is 0 Å². The molecule has 3 aliphatic rings. The highest BCUT2D eigenvalue weighted by Gasteiger charge is 2.42. The number of morpholine rings is 1. The van der Waals surface area contributed by atoms with Gasteiger partial charge in [-0.15, -0.1) is 0 Å². The molecule has 3 saturated heterocycles. The molecule has 4 aromatic rings. The van der Waals surface area contributed by atoms with Gasteiger partial charge >= 0.3 is 6.03 Å². The summed E-state index contributed by atoms with van der Waals surface area (Å²) >= 11 is 1.90. The number of benzene rings is 3. The van der Waals surface area contributed by atoms with Crippen LogP contribution in [-0.4, -0.2) is 173 Å². The monoisotopic (exact) mass is 1170 g/mol. The molecule has 23 heteroatoms. The largest absolute Gasteiger partial charge is 0.457 e. The molecule has 0 bridgehead atoms.